The summed E-state index contributed by atoms with van der Waals surface area (Å²) in [5.41, 5.74) is 4.27. The largest absolute Gasteiger partial charge is 0.484 e. The fraction of sp³-hybridized carbons (Fsp3) is 0.125. The number of carbonyl (C=O) groups is 2. The number of rotatable bonds is 7. The van der Waals surface area contributed by atoms with Gasteiger partial charge in [-0.05, 0) is 46.3 Å². The van der Waals surface area contributed by atoms with Crippen molar-refractivity contribution >= 4 is 49.4 Å². The van der Waals surface area contributed by atoms with Crippen LogP contribution in [0.4, 0.5) is 5.69 Å². The molecule has 0 aromatic heterocycles. The van der Waals surface area contributed by atoms with Gasteiger partial charge in [-0.3, -0.25) is 30.6 Å². The van der Waals surface area contributed by atoms with E-state index in [1.165, 1.54) is 24.3 Å². The number of nitro groups is 1. The highest BCUT2D eigenvalue weighted by molar-refractivity contribution is 9.11. The number of hydrogen-bond acceptors (Lipinski definition) is 6. The Labute approximate surface area is 170 Å². The third-order valence-electron chi connectivity index (χ3n) is 3.01. The Bertz CT molecular complexity index is 845. The number of hydrogen-bond donors (Lipinski definition) is 2. The minimum absolute atomic E-state index is 0.0866. The molecule has 0 saturated heterocycles. The molecule has 0 fully saturated rings. The normalized spacial score (nSPS) is 10.0. The van der Waals surface area contributed by atoms with Crippen LogP contribution in [0.5, 0.6) is 11.5 Å². The lowest BCUT2D eigenvalue weighted by atomic mass is 10.3. The zero-order valence-corrected chi connectivity index (χ0v) is 16.8. The number of halogens is 2. The van der Waals surface area contributed by atoms with Crippen LogP contribution in [0, 0.1) is 10.1 Å². The first kappa shape index (κ1) is 20.6. The highest BCUT2D eigenvalue weighted by Gasteiger charge is 2.09. The smallest absolute Gasteiger partial charge is 0.276 e. The van der Waals surface area contributed by atoms with Crippen molar-refractivity contribution in [2.24, 2.45) is 0 Å². The van der Waals surface area contributed by atoms with E-state index in [1.54, 1.807) is 18.2 Å². The second kappa shape index (κ2) is 9.88. The summed E-state index contributed by atoms with van der Waals surface area (Å²) in [7, 11) is 0. The van der Waals surface area contributed by atoms with Crippen molar-refractivity contribution in [2.75, 3.05) is 13.2 Å². The van der Waals surface area contributed by atoms with Gasteiger partial charge in [0.1, 0.15) is 11.5 Å². The highest BCUT2D eigenvalue weighted by atomic mass is 79.9. The van der Waals surface area contributed by atoms with Gasteiger partial charge in [-0.2, -0.15) is 0 Å². The molecule has 0 unspecified atom stereocenters. The lowest BCUT2D eigenvalue weighted by Crippen LogP contribution is -2.45. The van der Waals surface area contributed by atoms with Crippen molar-refractivity contribution in [1.29, 1.82) is 0 Å². The van der Waals surface area contributed by atoms with Crippen LogP contribution in [-0.4, -0.2) is 30.0 Å². The van der Waals surface area contributed by atoms with Crippen LogP contribution in [0.25, 0.3) is 0 Å². The molecule has 142 valence electrons. The lowest BCUT2D eigenvalue weighted by Gasteiger charge is -2.10. The molecule has 27 heavy (non-hydrogen) atoms. The Hall–Kier alpha value is -2.66. The second-order valence-corrected chi connectivity index (χ2v) is 6.77. The third-order valence-corrected chi connectivity index (χ3v) is 4.12. The van der Waals surface area contributed by atoms with Gasteiger partial charge in [-0.25, -0.2) is 0 Å². The fourth-order valence-electron chi connectivity index (χ4n) is 1.76. The van der Waals surface area contributed by atoms with E-state index in [0.717, 1.165) is 4.47 Å². The summed E-state index contributed by atoms with van der Waals surface area (Å²) >= 11 is 6.61. The van der Waals surface area contributed by atoms with Crippen molar-refractivity contribution in [1.82, 2.24) is 10.9 Å². The van der Waals surface area contributed by atoms with E-state index in [4.69, 9.17) is 9.47 Å². The van der Waals surface area contributed by atoms with Crippen LogP contribution in [0.1, 0.15) is 0 Å². The van der Waals surface area contributed by atoms with Crippen LogP contribution in [0.3, 0.4) is 0 Å². The molecule has 0 atom stereocenters. The Morgan fingerprint density at radius 3 is 2.11 bits per heavy atom. The second-order valence-electron chi connectivity index (χ2n) is 5.00. The minimum Gasteiger partial charge on any atom is -0.484 e. The van der Waals surface area contributed by atoms with Gasteiger partial charge in [0.25, 0.3) is 17.5 Å². The van der Waals surface area contributed by atoms with Crippen molar-refractivity contribution in [3.8, 4) is 11.5 Å². The third kappa shape index (κ3) is 6.87. The molecule has 2 aromatic rings. The van der Waals surface area contributed by atoms with E-state index >= 15 is 0 Å². The first-order valence-corrected chi connectivity index (χ1v) is 8.96. The number of non-ortho nitro benzene ring substituents is 1. The Morgan fingerprint density at radius 2 is 1.56 bits per heavy atom. The molecule has 9 nitrogen and oxygen atoms in total. The summed E-state index contributed by atoms with van der Waals surface area (Å²) in [4.78, 5) is 33.4. The topological polar surface area (TPSA) is 120 Å². The molecule has 0 aliphatic heterocycles. The van der Waals surface area contributed by atoms with Crippen molar-refractivity contribution in [3.05, 3.63) is 61.5 Å². The van der Waals surface area contributed by atoms with Crippen LogP contribution in [0.15, 0.2) is 51.4 Å². The van der Waals surface area contributed by atoms with Gasteiger partial charge in [-0.15, -0.1) is 0 Å². The van der Waals surface area contributed by atoms with Gasteiger partial charge >= 0.3 is 0 Å². The molecule has 0 bridgehead atoms. The standard InChI is InChI=1S/C16H13Br2N3O6/c17-10-1-6-14(13(18)7-10)27-9-16(23)20-19-15(22)8-26-12-4-2-11(3-5-12)21(24)25/h1-7H,8-9H2,(H,19,22)(H,20,23). The average molecular weight is 503 g/mol. The molecule has 2 amide bonds. The van der Waals surface area contributed by atoms with Crippen LogP contribution in [0.2, 0.25) is 0 Å². The first-order valence-electron chi connectivity index (χ1n) is 7.38. The molecular formula is C16H13Br2N3O6. The maximum absolute atomic E-state index is 11.7. The van der Waals surface area contributed by atoms with E-state index in [-0.39, 0.29) is 24.7 Å². The zero-order valence-electron chi connectivity index (χ0n) is 13.6. The average Bonchev–Trinajstić information content (AvgIpc) is 2.64. The summed E-state index contributed by atoms with van der Waals surface area (Å²) in [6, 6.07) is 10.5. The van der Waals surface area contributed by atoms with Gasteiger partial charge in [0.2, 0.25) is 0 Å². The summed E-state index contributed by atoms with van der Waals surface area (Å²) in [6.07, 6.45) is 0. The molecular weight excluding hydrogens is 490 g/mol. The number of amides is 2. The van der Waals surface area contributed by atoms with Crippen molar-refractivity contribution in [2.45, 2.75) is 0 Å². The number of ether oxygens (including phenoxy) is 2. The SMILES string of the molecule is O=C(COc1ccc([N+](=O)[O-])cc1)NNC(=O)COc1ccc(Br)cc1Br. The summed E-state index contributed by atoms with van der Waals surface area (Å²) in [6.45, 7) is -0.680. The molecule has 11 heteroatoms. The van der Waals surface area contributed by atoms with Crippen LogP contribution >= 0.6 is 31.9 Å². The number of benzene rings is 2. The lowest BCUT2D eigenvalue weighted by molar-refractivity contribution is -0.384. The quantitative estimate of drug-likeness (QED) is 0.443. The molecule has 0 aliphatic rings. The predicted molar refractivity (Wildman–Crippen MR) is 102 cm³/mol. The molecule has 2 rings (SSSR count). The minimum atomic E-state index is -0.605. The molecule has 0 spiro atoms. The van der Waals surface area contributed by atoms with Gasteiger partial charge in [-0.1, -0.05) is 15.9 Å². The van der Waals surface area contributed by atoms with Crippen LogP contribution in [-0.2, 0) is 9.59 Å². The Kier molecular flexibility index (Phi) is 7.55. The number of nitro benzene ring substituents is 1. The summed E-state index contributed by atoms with van der Waals surface area (Å²) in [5, 5.41) is 10.6. The Balaban J connectivity index is 1.70. The highest BCUT2D eigenvalue weighted by Crippen LogP contribution is 2.28. The van der Waals surface area contributed by atoms with E-state index < -0.39 is 16.7 Å². The molecule has 0 aliphatic carbocycles. The van der Waals surface area contributed by atoms with Crippen LogP contribution < -0.4 is 20.3 Å². The number of hydrazine groups is 1. The maximum atomic E-state index is 11.7. The van der Waals surface area contributed by atoms with Gasteiger partial charge in [0.05, 0.1) is 9.40 Å². The van der Waals surface area contributed by atoms with E-state index in [1.807, 2.05) is 0 Å². The zero-order chi connectivity index (χ0) is 19.8. The van der Waals surface area contributed by atoms with Gasteiger partial charge in [0.15, 0.2) is 13.2 Å². The van der Waals surface area contributed by atoms with Crippen molar-refractivity contribution in [3.63, 3.8) is 0 Å². The Morgan fingerprint density at radius 1 is 0.963 bits per heavy atom. The summed E-state index contributed by atoms with van der Waals surface area (Å²) < 4.78 is 12.0. The summed E-state index contributed by atoms with van der Waals surface area (Å²) in [5.74, 6) is -0.410. The number of nitrogens with one attached hydrogen (secondary N) is 2. The molecule has 2 N–H and O–H groups in total. The van der Waals surface area contributed by atoms with Gasteiger partial charge < -0.3 is 9.47 Å². The number of nitrogens with zero attached hydrogens (tertiary/aromatic N) is 1. The van der Waals surface area contributed by atoms with Gasteiger partial charge in [0, 0.05) is 16.6 Å². The maximum Gasteiger partial charge on any atom is 0.276 e. The number of carbonyl (C=O) groups excluding carboxylic acids is 2. The first-order chi connectivity index (χ1) is 12.8. The fourth-order valence-corrected chi connectivity index (χ4v) is 2.92. The molecule has 0 heterocycles. The molecule has 0 radical (unpaired) electrons. The van der Waals surface area contributed by atoms with Crippen molar-refractivity contribution < 1.29 is 24.0 Å². The monoisotopic (exact) mass is 501 g/mol. The predicted octanol–water partition coefficient (Wildman–Crippen LogP) is 2.73. The van der Waals surface area contributed by atoms with E-state index in [2.05, 4.69) is 42.7 Å². The van der Waals surface area contributed by atoms with E-state index in [9.17, 15) is 19.7 Å². The van der Waals surface area contributed by atoms with E-state index in [0.29, 0.717) is 10.2 Å². The molecule has 2 aromatic carbocycles. The molecule has 0 saturated carbocycles.